The zero-order valence-electron chi connectivity index (χ0n) is 14.8. The summed E-state index contributed by atoms with van der Waals surface area (Å²) in [4.78, 5) is 0. The van der Waals surface area contributed by atoms with Crippen LogP contribution in [0.15, 0.2) is 12.2 Å². The summed E-state index contributed by atoms with van der Waals surface area (Å²) >= 11 is 0. The van der Waals surface area contributed by atoms with Gasteiger partial charge in [-0.15, -0.1) is 0 Å². The second kappa shape index (κ2) is 15.5. The summed E-state index contributed by atoms with van der Waals surface area (Å²) in [6.07, 6.45) is 18.1. The normalized spacial score (nSPS) is 16.0. The van der Waals surface area contributed by atoms with Crippen molar-refractivity contribution in [1.29, 1.82) is 0 Å². The van der Waals surface area contributed by atoms with Crippen molar-refractivity contribution in [2.24, 2.45) is 5.73 Å². The minimum absolute atomic E-state index is 0.589. The van der Waals surface area contributed by atoms with Crippen LogP contribution in [-0.2, 0) is 0 Å². The third kappa shape index (κ3) is 13.3. The Bertz CT molecular complexity index is 254. The van der Waals surface area contributed by atoms with Crippen LogP contribution in [0.1, 0.15) is 90.9 Å². The molecular formula is C19H39NO2. The van der Waals surface area contributed by atoms with Crippen LogP contribution >= 0.6 is 0 Å². The van der Waals surface area contributed by atoms with E-state index in [1.807, 2.05) is 6.08 Å². The van der Waals surface area contributed by atoms with E-state index in [9.17, 15) is 10.2 Å². The van der Waals surface area contributed by atoms with E-state index in [0.29, 0.717) is 0 Å². The van der Waals surface area contributed by atoms with E-state index >= 15 is 0 Å². The molecule has 0 amide bonds. The van der Waals surface area contributed by atoms with E-state index in [4.69, 9.17) is 5.73 Å². The van der Waals surface area contributed by atoms with Gasteiger partial charge >= 0.3 is 0 Å². The Hall–Kier alpha value is -0.380. The van der Waals surface area contributed by atoms with E-state index < -0.39 is 18.2 Å². The van der Waals surface area contributed by atoms with Gasteiger partial charge in [-0.25, -0.2) is 0 Å². The molecule has 0 saturated carbocycles. The molecule has 0 spiro atoms. The lowest BCUT2D eigenvalue weighted by Crippen LogP contribution is -2.42. The average Bonchev–Trinajstić information content (AvgIpc) is 2.50. The number of unbranched alkanes of at least 4 members (excludes halogenated alkanes) is 11. The summed E-state index contributed by atoms with van der Waals surface area (Å²) in [7, 11) is 0. The molecule has 22 heavy (non-hydrogen) atoms. The molecule has 0 rings (SSSR count). The molecule has 0 bridgehead atoms. The fraction of sp³-hybridized carbons (Fsp3) is 0.895. The van der Waals surface area contributed by atoms with Gasteiger partial charge in [-0.2, -0.15) is 0 Å². The van der Waals surface area contributed by atoms with E-state index in [-0.39, 0.29) is 0 Å². The largest absolute Gasteiger partial charge is 0.392 e. The molecule has 4 N–H and O–H groups in total. The monoisotopic (exact) mass is 313 g/mol. The number of rotatable bonds is 15. The van der Waals surface area contributed by atoms with Crippen LogP contribution in [0.2, 0.25) is 0 Å². The van der Waals surface area contributed by atoms with Gasteiger partial charge in [-0.3, -0.25) is 0 Å². The lowest BCUT2D eigenvalue weighted by Gasteiger charge is -2.18. The molecule has 0 heterocycles. The highest BCUT2D eigenvalue weighted by Gasteiger charge is 2.16. The standard InChI is InChI=1S/C19H39NO2/c1-3-4-5-6-7-8-9-10-11-12-13-14-15-16-18(22)19(20)17(2)21/h15-19,21-22H,3-14,20H2,1-2H3/b16-15+/t17-,18-,19-/m0/s1. The van der Waals surface area contributed by atoms with Crippen LogP contribution < -0.4 is 5.73 Å². The highest BCUT2D eigenvalue weighted by Crippen LogP contribution is 2.12. The van der Waals surface area contributed by atoms with Gasteiger partial charge < -0.3 is 15.9 Å². The maximum Gasteiger partial charge on any atom is 0.0897 e. The molecule has 0 unspecified atom stereocenters. The smallest absolute Gasteiger partial charge is 0.0897 e. The van der Waals surface area contributed by atoms with Crippen molar-refractivity contribution in [2.75, 3.05) is 0 Å². The fourth-order valence-electron chi connectivity index (χ4n) is 2.58. The quantitative estimate of drug-likeness (QED) is 0.312. The van der Waals surface area contributed by atoms with Gasteiger partial charge in [0, 0.05) is 0 Å². The second-order valence-electron chi connectivity index (χ2n) is 6.56. The summed E-state index contributed by atoms with van der Waals surface area (Å²) < 4.78 is 0. The molecule has 3 atom stereocenters. The van der Waals surface area contributed by atoms with Gasteiger partial charge in [0.05, 0.1) is 18.2 Å². The number of aliphatic hydroxyl groups is 2. The van der Waals surface area contributed by atoms with Crippen molar-refractivity contribution in [1.82, 2.24) is 0 Å². The molecule has 0 aliphatic rings. The molecule has 0 fully saturated rings. The van der Waals surface area contributed by atoms with Gasteiger partial charge in [-0.05, 0) is 19.8 Å². The van der Waals surface area contributed by atoms with Gasteiger partial charge in [0.25, 0.3) is 0 Å². The molecule has 0 radical (unpaired) electrons. The predicted octanol–water partition coefficient (Wildman–Crippen LogP) is 4.31. The zero-order chi connectivity index (χ0) is 16.6. The summed E-state index contributed by atoms with van der Waals surface area (Å²) in [5.41, 5.74) is 5.66. The highest BCUT2D eigenvalue weighted by molar-refractivity contribution is 4.95. The molecule has 0 aromatic carbocycles. The molecule has 0 aromatic rings. The van der Waals surface area contributed by atoms with Crippen molar-refractivity contribution >= 4 is 0 Å². The Labute approximate surface area is 138 Å². The predicted molar refractivity (Wildman–Crippen MR) is 95.9 cm³/mol. The number of hydrogen-bond acceptors (Lipinski definition) is 3. The van der Waals surface area contributed by atoms with Crippen molar-refractivity contribution < 1.29 is 10.2 Å². The minimum Gasteiger partial charge on any atom is -0.392 e. The van der Waals surface area contributed by atoms with Crippen LogP contribution in [0.3, 0.4) is 0 Å². The molecule has 0 aliphatic heterocycles. The Kier molecular flexibility index (Phi) is 15.2. The molecule has 132 valence electrons. The minimum atomic E-state index is -0.743. The Morgan fingerprint density at radius 3 is 1.73 bits per heavy atom. The van der Waals surface area contributed by atoms with Gasteiger partial charge in [0.15, 0.2) is 0 Å². The fourth-order valence-corrected chi connectivity index (χ4v) is 2.58. The Morgan fingerprint density at radius 1 is 0.818 bits per heavy atom. The van der Waals surface area contributed by atoms with E-state index in [1.165, 1.54) is 70.6 Å². The lowest BCUT2D eigenvalue weighted by atomic mass is 10.0. The third-order valence-corrected chi connectivity index (χ3v) is 4.26. The van der Waals surface area contributed by atoms with Gasteiger partial charge in [-0.1, -0.05) is 83.3 Å². The summed E-state index contributed by atoms with van der Waals surface area (Å²) in [5, 5.41) is 19.0. The number of hydrogen-bond donors (Lipinski definition) is 3. The zero-order valence-corrected chi connectivity index (χ0v) is 14.8. The topological polar surface area (TPSA) is 66.5 Å². The molecule has 0 aromatic heterocycles. The van der Waals surface area contributed by atoms with Gasteiger partial charge in [0.2, 0.25) is 0 Å². The first-order chi connectivity index (χ1) is 10.6. The second-order valence-corrected chi connectivity index (χ2v) is 6.56. The summed E-state index contributed by atoms with van der Waals surface area (Å²) in [5.74, 6) is 0. The summed E-state index contributed by atoms with van der Waals surface area (Å²) in [6.45, 7) is 3.86. The molecule has 0 aliphatic carbocycles. The third-order valence-electron chi connectivity index (χ3n) is 4.26. The van der Waals surface area contributed by atoms with Gasteiger partial charge in [0.1, 0.15) is 0 Å². The maximum absolute atomic E-state index is 9.69. The number of aliphatic hydroxyl groups excluding tert-OH is 2. The van der Waals surface area contributed by atoms with Crippen LogP contribution in [0.25, 0.3) is 0 Å². The Balaban J connectivity index is 3.29. The number of allylic oxidation sites excluding steroid dienone is 1. The Morgan fingerprint density at radius 2 is 1.27 bits per heavy atom. The van der Waals surface area contributed by atoms with Crippen molar-refractivity contribution in [3.63, 3.8) is 0 Å². The lowest BCUT2D eigenvalue weighted by molar-refractivity contribution is 0.0903. The first-order valence-corrected chi connectivity index (χ1v) is 9.38. The number of nitrogens with two attached hydrogens (primary N) is 1. The first-order valence-electron chi connectivity index (χ1n) is 9.38. The van der Waals surface area contributed by atoms with Crippen molar-refractivity contribution in [3.05, 3.63) is 12.2 Å². The van der Waals surface area contributed by atoms with Crippen molar-refractivity contribution in [3.8, 4) is 0 Å². The maximum atomic E-state index is 9.69. The van der Waals surface area contributed by atoms with E-state index in [0.717, 1.165) is 6.42 Å². The van der Waals surface area contributed by atoms with E-state index in [1.54, 1.807) is 13.0 Å². The average molecular weight is 314 g/mol. The summed E-state index contributed by atoms with van der Waals surface area (Å²) in [6, 6.07) is -0.589. The molecular weight excluding hydrogens is 274 g/mol. The molecule has 3 nitrogen and oxygen atoms in total. The highest BCUT2D eigenvalue weighted by atomic mass is 16.3. The van der Waals surface area contributed by atoms with Crippen LogP contribution in [0.5, 0.6) is 0 Å². The molecule has 0 saturated heterocycles. The molecule has 3 heteroatoms. The van der Waals surface area contributed by atoms with E-state index in [2.05, 4.69) is 6.92 Å². The first kappa shape index (κ1) is 21.6. The van der Waals surface area contributed by atoms with Crippen LogP contribution in [0, 0.1) is 0 Å². The van der Waals surface area contributed by atoms with Crippen LogP contribution in [-0.4, -0.2) is 28.5 Å². The van der Waals surface area contributed by atoms with Crippen molar-refractivity contribution in [2.45, 2.75) is 109 Å². The SMILES string of the molecule is CCCCCCCCCCCCC/C=C/[C@H](O)[C@@H](N)[C@H](C)O. The van der Waals surface area contributed by atoms with Crippen LogP contribution in [0.4, 0.5) is 0 Å².